The van der Waals surface area contributed by atoms with Crippen molar-refractivity contribution in [3.8, 4) is 0 Å². The van der Waals surface area contributed by atoms with Crippen LogP contribution in [0.5, 0.6) is 0 Å². The van der Waals surface area contributed by atoms with Gasteiger partial charge < -0.3 is 5.32 Å². The minimum Gasteiger partial charge on any atom is -0.324 e. The number of nitrogens with one attached hydrogen (secondary N) is 1. The molecule has 122 valence electrons. The van der Waals surface area contributed by atoms with Crippen LogP contribution < -0.4 is 5.32 Å². The number of aromatic nitrogens is 2. The molecule has 3 aromatic rings. The Morgan fingerprint density at radius 3 is 2.75 bits per heavy atom. The van der Waals surface area contributed by atoms with E-state index in [1.807, 2.05) is 62.4 Å². The van der Waals surface area contributed by atoms with E-state index in [4.69, 9.17) is 0 Å². The van der Waals surface area contributed by atoms with Crippen molar-refractivity contribution in [2.75, 3.05) is 5.32 Å². The average Bonchev–Trinajstić information content (AvgIpc) is 2.60. The largest absolute Gasteiger partial charge is 0.324 e. The number of amides is 1. The van der Waals surface area contributed by atoms with Crippen LogP contribution in [0.1, 0.15) is 19.0 Å². The molecule has 0 aliphatic carbocycles. The molecule has 5 heteroatoms. The minimum atomic E-state index is -0.188. The Bertz CT molecular complexity index is 852. The number of thioether (sulfide) groups is 1. The van der Waals surface area contributed by atoms with Gasteiger partial charge in [-0.1, -0.05) is 43.0 Å². The highest BCUT2D eigenvalue weighted by Crippen LogP contribution is 2.27. The predicted octanol–water partition coefficient (Wildman–Crippen LogP) is 4.45. The molecule has 0 aliphatic heterocycles. The van der Waals surface area contributed by atoms with Crippen LogP contribution in [0.4, 0.5) is 5.69 Å². The standard InChI is InChI=1S/C19H19N3OS/c1-3-17(24-18-10-6-7-11-20-18)19(23)22-16-12-13(2)21-15-9-5-4-8-14(15)16/h4-12,17H,3H2,1-2H3,(H,21,22,23). The maximum atomic E-state index is 12.7. The number of hydrogen-bond acceptors (Lipinski definition) is 4. The number of benzene rings is 1. The van der Waals surface area contributed by atoms with Crippen molar-refractivity contribution >= 4 is 34.3 Å². The summed E-state index contributed by atoms with van der Waals surface area (Å²) in [6, 6.07) is 15.5. The number of fused-ring (bicyclic) bond motifs is 1. The number of anilines is 1. The highest BCUT2D eigenvalue weighted by atomic mass is 32.2. The summed E-state index contributed by atoms with van der Waals surface area (Å²) in [6.07, 6.45) is 2.47. The van der Waals surface area contributed by atoms with Crippen molar-refractivity contribution in [1.82, 2.24) is 9.97 Å². The summed E-state index contributed by atoms with van der Waals surface area (Å²) in [4.78, 5) is 21.5. The van der Waals surface area contributed by atoms with Gasteiger partial charge in [-0.2, -0.15) is 0 Å². The molecule has 0 saturated carbocycles. The predicted molar refractivity (Wildman–Crippen MR) is 99.3 cm³/mol. The second kappa shape index (κ2) is 7.45. The van der Waals surface area contributed by atoms with Crippen molar-refractivity contribution < 1.29 is 4.79 Å². The van der Waals surface area contributed by atoms with E-state index >= 15 is 0 Å². The number of hydrogen-bond donors (Lipinski definition) is 1. The maximum absolute atomic E-state index is 12.7. The Morgan fingerprint density at radius 1 is 1.21 bits per heavy atom. The van der Waals surface area contributed by atoms with Crippen molar-refractivity contribution in [2.24, 2.45) is 0 Å². The molecule has 4 nitrogen and oxygen atoms in total. The topological polar surface area (TPSA) is 54.9 Å². The van der Waals surface area contributed by atoms with Gasteiger partial charge in [-0.25, -0.2) is 4.98 Å². The molecule has 1 N–H and O–H groups in total. The van der Waals surface area contributed by atoms with Crippen LogP contribution in [-0.2, 0) is 4.79 Å². The molecule has 24 heavy (non-hydrogen) atoms. The van der Waals surface area contributed by atoms with Crippen molar-refractivity contribution in [3.05, 3.63) is 60.4 Å². The van der Waals surface area contributed by atoms with Crippen LogP contribution in [0.2, 0.25) is 0 Å². The number of nitrogens with zero attached hydrogens (tertiary/aromatic N) is 2. The van der Waals surface area contributed by atoms with E-state index in [0.29, 0.717) is 0 Å². The lowest BCUT2D eigenvalue weighted by Gasteiger charge is -2.15. The van der Waals surface area contributed by atoms with Gasteiger partial charge in [0.15, 0.2) is 0 Å². The number of aryl methyl sites for hydroxylation is 1. The minimum absolute atomic E-state index is 0.0103. The Hall–Kier alpha value is -2.40. The molecule has 0 spiro atoms. The lowest BCUT2D eigenvalue weighted by molar-refractivity contribution is -0.115. The van der Waals surface area contributed by atoms with E-state index in [2.05, 4.69) is 15.3 Å². The molecule has 0 bridgehead atoms. The van der Waals surface area contributed by atoms with Gasteiger partial charge in [0.1, 0.15) is 0 Å². The molecular weight excluding hydrogens is 318 g/mol. The van der Waals surface area contributed by atoms with Gasteiger partial charge in [0.2, 0.25) is 5.91 Å². The summed E-state index contributed by atoms with van der Waals surface area (Å²) in [5.41, 5.74) is 2.58. The lowest BCUT2D eigenvalue weighted by atomic mass is 10.1. The van der Waals surface area contributed by atoms with E-state index in [-0.39, 0.29) is 11.2 Å². The average molecular weight is 337 g/mol. The summed E-state index contributed by atoms with van der Waals surface area (Å²) >= 11 is 1.49. The van der Waals surface area contributed by atoms with Crippen LogP contribution in [-0.4, -0.2) is 21.1 Å². The second-order valence-corrected chi connectivity index (χ2v) is 6.72. The van der Waals surface area contributed by atoms with Gasteiger partial charge in [-0.15, -0.1) is 0 Å². The van der Waals surface area contributed by atoms with Crippen LogP contribution in [0.3, 0.4) is 0 Å². The number of pyridine rings is 2. The molecule has 1 unspecified atom stereocenters. The first kappa shape index (κ1) is 16.5. The fourth-order valence-corrected chi connectivity index (χ4v) is 3.41. The SMILES string of the molecule is CCC(Sc1ccccn1)C(=O)Nc1cc(C)nc2ccccc12. The van der Waals surface area contributed by atoms with Crippen molar-refractivity contribution in [1.29, 1.82) is 0 Å². The van der Waals surface area contributed by atoms with Gasteiger partial charge in [0, 0.05) is 17.3 Å². The Morgan fingerprint density at radius 2 is 2.00 bits per heavy atom. The van der Waals surface area contributed by atoms with E-state index in [1.165, 1.54) is 11.8 Å². The third-order valence-corrected chi connectivity index (χ3v) is 4.98. The molecule has 1 atom stereocenters. The third kappa shape index (κ3) is 3.74. The molecule has 0 saturated heterocycles. The van der Waals surface area contributed by atoms with E-state index in [0.717, 1.165) is 33.7 Å². The lowest BCUT2D eigenvalue weighted by Crippen LogP contribution is -2.24. The summed E-state index contributed by atoms with van der Waals surface area (Å²) in [5.74, 6) is -0.0103. The van der Waals surface area contributed by atoms with Crippen LogP contribution in [0, 0.1) is 6.92 Å². The van der Waals surface area contributed by atoms with Gasteiger partial charge in [0.25, 0.3) is 0 Å². The maximum Gasteiger partial charge on any atom is 0.237 e. The number of para-hydroxylation sites is 1. The van der Waals surface area contributed by atoms with Crippen LogP contribution in [0.15, 0.2) is 59.8 Å². The zero-order valence-electron chi connectivity index (χ0n) is 13.7. The first-order valence-electron chi connectivity index (χ1n) is 7.92. The van der Waals surface area contributed by atoms with E-state index in [1.54, 1.807) is 6.20 Å². The zero-order valence-corrected chi connectivity index (χ0v) is 14.5. The Kier molecular flexibility index (Phi) is 5.11. The summed E-state index contributed by atoms with van der Waals surface area (Å²) < 4.78 is 0. The smallest absolute Gasteiger partial charge is 0.237 e. The van der Waals surface area contributed by atoms with Gasteiger partial charge in [-0.05, 0) is 37.6 Å². The fourth-order valence-electron chi connectivity index (χ4n) is 2.51. The highest BCUT2D eigenvalue weighted by molar-refractivity contribution is 8.00. The summed E-state index contributed by atoms with van der Waals surface area (Å²) in [6.45, 7) is 3.94. The summed E-state index contributed by atoms with van der Waals surface area (Å²) in [5, 5.41) is 4.69. The number of carbonyl (C=O) groups excluding carboxylic acids is 1. The molecule has 0 radical (unpaired) electrons. The van der Waals surface area contributed by atoms with E-state index in [9.17, 15) is 4.79 Å². The molecule has 1 aromatic carbocycles. The molecule has 1 amide bonds. The van der Waals surface area contributed by atoms with Gasteiger partial charge >= 0.3 is 0 Å². The third-order valence-electron chi connectivity index (χ3n) is 3.67. The highest BCUT2D eigenvalue weighted by Gasteiger charge is 2.19. The first-order valence-corrected chi connectivity index (χ1v) is 8.80. The van der Waals surface area contributed by atoms with Crippen molar-refractivity contribution in [2.45, 2.75) is 30.5 Å². The van der Waals surface area contributed by atoms with E-state index < -0.39 is 0 Å². The van der Waals surface area contributed by atoms with Crippen LogP contribution >= 0.6 is 11.8 Å². The molecular formula is C19H19N3OS. The molecule has 2 heterocycles. The molecule has 2 aromatic heterocycles. The number of rotatable bonds is 5. The fraction of sp³-hybridized carbons (Fsp3) is 0.211. The quantitative estimate of drug-likeness (QED) is 0.699. The molecule has 0 fully saturated rings. The number of carbonyl (C=O) groups is 1. The van der Waals surface area contributed by atoms with Gasteiger partial charge in [-0.3, -0.25) is 9.78 Å². The Labute approximate surface area is 145 Å². The Balaban J connectivity index is 1.83. The van der Waals surface area contributed by atoms with Crippen LogP contribution in [0.25, 0.3) is 10.9 Å². The summed E-state index contributed by atoms with van der Waals surface area (Å²) in [7, 11) is 0. The monoisotopic (exact) mass is 337 g/mol. The first-order chi connectivity index (χ1) is 11.7. The zero-order chi connectivity index (χ0) is 16.9. The van der Waals surface area contributed by atoms with Gasteiger partial charge in [0.05, 0.1) is 21.5 Å². The molecule has 0 aliphatic rings. The second-order valence-electron chi connectivity index (χ2n) is 5.50. The van der Waals surface area contributed by atoms with Crippen molar-refractivity contribution in [3.63, 3.8) is 0 Å². The normalized spacial score (nSPS) is 12.1. The molecule has 3 rings (SSSR count).